The molecule has 21 aromatic rings. The molecular weight excluding hydrogens is 1490 g/mol. The van der Waals surface area contributed by atoms with Gasteiger partial charge in [-0.05, 0) is 264 Å². The zero-order chi connectivity index (χ0) is 82.8. The lowest BCUT2D eigenvalue weighted by Crippen LogP contribution is -2.12. The molecule has 6 heteroatoms. The van der Waals surface area contributed by atoms with Gasteiger partial charge in [-0.1, -0.05) is 309 Å². The molecular formula is C117H90N6. The van der Waals surface area contributed by atoms with Gasteiger partial charge < -0.3 is 29.4 Å². The molecule has 0 atom stereocenters. The number of hydrogen-bond donors (Lipinski definition) is 0. The van der Waals surface area contributed by atoms with Crippen LogP contribution in [0.1, 0.15) is 0 Å². The quantitative estimate of drug-likeness (QED) is 0.0625. The molecule has 6 nitrogen and oxygen atoms in total. The highest BCUT2D eigenvalue weighted by molar-refractivity contribution is 6.15. The average Bonchev–Trinajstić information content (AvgIpc) is 0.761. The van der Waals surface area contributed by atoms with E-state index in [9.17, 15) is 0 Å². The highest BCUT2D eigenvalue weighted by atomic mass is 15.2. The summed E-state index contributed by atoms with van der Waals surface area (Å²) in [7, 11) is 6.46. The second kappa shape index (κ2) is 35.3. The van der Waals surface area contributed by atoms with E-state index in [4.69, 9.17) is 0 Å². The second-order valence-electron chi connectivity index (χ2n) is 31.0. The Morgan fingerprint density at radius 2 is 0.390 bits per heavy atom. The molecule has 0 bridgehead atoms. The zero-order valence-electron chi connectivity index (χ0n) is 68.9. The highest BCUT2D eigenvalue weighted by Gasteiger charge is 2.21. The van der Waals surface area contributed by atoms with Crippen molar-refractivity contribution < 1.29 is 0 Å². The largest absolute Gasteiger partial charge is 0.345 e. The third-order valence-corrected chi connectivity index (χ3v) is 23.4. The SMILES string of the molecule is CN(c1ccc(N(c2ccccc2)c2cccc(-c3ccccc3)c2)cc1)c1c2ccccc2cc2ccccc12.CN(c1ccc(N(c2ccccc2)c2cccc(-c3ccccc3)c2)cc1)c1cc2ccccc2c2ccccc12.CN(c1ccc(N(c2ccccc2)c2cccc(-c3ccccc3)c2)cc1)c1ccc2cc3ccccc3cc2c1. The van der Waals surface area contributed by atoms with Crippen LogP contribution >= 0.6 is 0 Å². The molecule has 0 N–H and O–H groups in total. The van der Waals surface area contributed by atoms with Crippen molar-refractivity contribution >= 4 is 150 Å². The van der Waals surface area contributed by atoms with Gasteiger partial charge in [-0.25, -0.2) is 0 Å². The first-order valence-electron chi connectivity index (χ1n) is 42.0. The number of nitrogens with zero attached hydrogens (tertiary/aromatic N) is 6. The molecule has 0 heterocycles. The molecule has 21 aromatic carbocycles. The summed E-state index contributed by atoms with van der Waals surface area (Å²) in [5, 5.41) is 15.1. The smallest absolute Gasteiger partial charge is 0.0567 e. The monoisotopic (exact) mass is 1580 g/mol. The average molecular weight is 1580 g/mol. The van der Waals surface area contributed by atoms with Gasteiger partial charge in [0.15, 0.2) is 0 Å². The van der Waals surface area contributed by atoms with Crippen molar-refractivity contribution in [3.63, 3.8) is 0 Å². The van der Waals surface area contributed by atoms with Gasteiger partial charge in [0.1, 0.15) is 0 Å². The fraction of sp³-hybridized carbons (Fsp3) is 0.0256. The van der Waals surface area contributed by atoms with Crippen LogP contribution in [0.2, 0.25) is 0 Å². The van der Waals surface area contributed by atoms with Crippen LogP contribution in [-0.4, -0.2) is 21.1 Å². The molecule has 0 aromatic heterocycles. The van der Waals surface area contributed by atoms with Crippen molar-refractivity contribution in [3.05, 3.63) is 491 Å². The fourth-order valence-corrected chi connectivity index (χ4v) is 17.1. The first-order chi connectivity index (χ1) is 60.7. The molecule has 123 heavy (non-hydrogen) atoms. The summed E-state index contributed by atoms with van der Waals surface area (Å²) in [6.45, 7) is 0. The lowest BCUT2D eigenvalue weighted by Gasteiger charge is -2.28. The summed E-state index contributed by atoms with van der Waals surface area (Å²) in [6.07, 6.45) is 0. The van der Waals surface area contributed by atoms with Crippen molar-refractivity contribution in [2.45, 2.75) is 0 Å². The van der Waals surface area contributed by atoms with E-state index in [0.717, 1.165) is 73.9 Å². The molecule has 0 saturated heterocycles. The number of para-hydroxylation sites is 3. The second-order valence-corrected chi connectivity index (χ2v) is 31.0. The minimum Gasteiger partial charge on any atom is -0.345 e. The van der Waals surface area contributed by atoms with Crippen LogP contribution in [0.15, 0.2) is 491 Å². The zero-order valence-corrected chi connectivity index (χ0v) is 68.9. The van der Waals surface area contributed by atoms with Gasteiger partial charge >= 0.3 is 0 Å². The lowest BCUT2D eigenvalue weighted by atomic mass is 9.99. The molecule has 0 aliphatic carbocycles. The first-order valence-corrected chi connectivity index (χ1v) is 42.0. The van der Waals surface area contributed by atoms with Crippen molar-refractivity contribution in [1.29, 1.82) is 0 Å². The molecule has 588 valence electrons. The van der Waals surface area contributed by atoms with E-state index in [0.29, 0.717) is 0 Å². The molecule has 0 saturated carbocycles. The number of rotatable bonds is 18. The Morgan fingerprint density at radius 1 is 0.130 bits per heavy atom. The van der Waals surface area contributed by atoms with Gasteiger partial charge in [-0.15, -0.1) is 0 Å². The lowest BCUT2D eigenvalue weighted by molar-refractivity contribution is 1.21. The van der Waals surface area contributed by atoms with Crippen molar-refractivity contribution in [2.75, 3.05) is 50.5 Å². The Hall–Kier alpha value is -16.0. The number of anilines is 15. The molecule has 0 radical (unpaired) electrons. The summed E-state index contributed by atoms with van der Waals surface area (Å²) in [4.78, 5) is 13.8. The van der Waals surface area contributed by atoms with Crippen LogP contribution in [0.3, 0.4) is 0 Å². The third kappa shape index (κ3) is 16.4. The maximum absolute atomic E-state index is 2.32. The molecule has 0 amide bonds. The Bertz CT molecular complexity index is 7150. The van der Waals surface area contributed by atoms with E-state index in [1.54, 1.807) is 0 Å². The Morgan fingerprint density at radius 3 is 0.797 bits per heavy atom. The van der Waals surface area contributed by atoms with E-state index in [-0.39, 0.29) is 0 Å². The molecule has 21 rings (SSSR count). The van der Waals surface area contributed by atoms with Gasteiger partial charge in [0.25, 0.3) is 0 Å². The van der Waals surface area contributed by atoms with Gasteiger partial charge in [0, 0.05) is 117 Å². The summed E-state index contributed by atoms with van der Waals surface area (Å²) in [5.74, 6) is 0. The van der Waals surface area contributed by atoms with Crippen LogP contribution in [0.4, 0.5) is 85.3 Å². The number of hydrogen-bond acceptors (Lipinski definition) is 6. The van der Waals surface area contributed by atoms with Gasteiger partial charge in [0.05, 0.1) is 5.69 Å². The molecule has 0 aliphatic rings. The number of benzene rings is 21. The van der Waals surface area contributed by atoms with E-state index < -0.39 is 0 Å². The Labute approximate surface area is 720 Å². The minimum atomic E-state index is 1.11. The van der Waals surface area contributed by atoms with Crippen LogP contribution in [0.5, 0.6) is 0 Å². The highest BCUT2D eigenvalue weighted by Crippen LogP contribution is 2.46. The fourth-order valence-electron chi connectivity index (χ4n) is 17.1. The predicted octanol–water partition coefficient (Wildman–Crippen LogP) is 32.7. The molecule has 0 aliphatic heterocycles. The minimum absolute atomic E-state index is 1.11. The van der Waals surface area contributed by atoms with Gasteiger partial charge in [-0.2, -0.15) is 0 Å². The summed E-state index contributed by atoms with van der Waals surface area (Å²) in [5.41, 5.74) is 24.3. The van der Waals surface area contributed by atoms with E-state index in [1.165, 1.54) is 109 Å². The Balaban J connectivity index is 0.000000121. The third-order valence-electron chi connectivity index (χ3n) is 23.4. The maximum atomic E-state index is 2.32. The molecule has 0 fully saturated rings. The molecule has 0 spiro atoms. The van der Waals surface area contributed by atoms with Crippen molar-refractivity contribution in [2.24, 2.45) is 0 Å². The number of fused-ring (bicyclic) bond motifs is 7. The van der Waals surface area contributed by atoms with E-state index in [2.05, 4.69) is 542 Å². The normalized spacial score (nSPS) is 11.0. The van der Waals surface area contributed by atoms with Gasteiger partial charge in [0.2, 0.25) is 0 Å². The Kier molecular flexibility index (Phi) is 22.1. The van der Waals surface area contributed by atoms with E-state index in [1.807, 2.05) is 0 Å². The van der Waals surface area contributed by atoms with Crippen LogP contribution < -0.4 is 29.4 Å². The topological polar surface area (TPSA) is 19.4 Å². The first kappa shape index (κ1) is 76.9. The van der Waals surface area contributed by atoms with Crippen LogP contribution in [0.25, 0.3) is 98.0 Å². The summed E-state index contributed by atoms with van der Waals surface area (Å²) < 4.78 is 0. The van der Waals surface area contributed by atoms with Crippen molar-refractivity contribution in [3.8, 4) is 33.4 Å². The van der Waals surface area contributed by atoms with Crippen LogP contribution in [0, 0.1) is 0 Å². The predicted molar refractivity (Wildman–Crippen MR) is 528 cm³/mol. The van der Waals surface area contributed by atoms with Crippen molar-refractivity contribution in [1.82, 2.24) is 0 Å². The standard InChI is InChI=1S/3C39H30N2/c1-40(39-37-21-10-8-15-31(37)27-32-16-9-11-22-38(32)39)33-23-25-35(26-24-33)41(34-18-6-3-7-19-34)36-20-12-17-30(28-36)29-13-4-2-5-14-29;1-40(39-28-31-15-8-9-20-36(31)37-21-10-11-22-38(37)39)32-23-25-34(26-24-32)41(33-17-6-3-7-18-33)35-19-12-16-30(27-35)29-13-4-2-5-14-29;1-40(38-20-19-33-25-30-13-8-9-14-31(30)26-34(33)28-38)35-21-23-37(24-22-35)41(36-16-6-3-7-17-36)39-18-10-15-32(27-39)29-11-4-2-5-12-29/h3*2-28H,1H3. The maximum Gasteiger partial charge on any atom is 0.0567 e. The van der Waals surface area contributed by atoms with Gasteiger partial charge in [-0.3, -0.25) is 0 Å². The van der Waals surface area contributed by atoms with E-state index >= 15 is 0 Å². The summed E-state index contributed by atoms with van der Waals surface area (Å²) in [6, 6.07) is 175. The summed E-state index contributed by atoms with van der Waals surface area (Å²) >= 11 is 0. The van der Waals surface area contributed by atoms with Crippen LogP contribution in [-0.2, 0) is 0 Å². The molecule has 0 unspecified atom stereocenters.